The third kappa shape index (κ3) is 2.38. The Labute approximate surface area is 103 Å². The van der Waals surface area contributed by atoms with Crippen molar-refractivity contribution < 1.29 is 5.11 Å². The summed E-state index contributed by atoms with van der Waals surface area (Å²) in [5, 5.41) is 10.1. The van der Waals surface area contributed by atoms with Crippen LogP contribution in [0.15, 0.2) is 30.3 Å². The third-order valence-electron chi connectivity index (χ3n) is 4.30. The molecule has 2 fully saturated rings. The van der Waals surface area contributed by atoms with Crippen LogP contribution in [-0.2, 0) is 6.54 Å². The molecule has 1 aliphatic carbocycles. The lowest BCUT2D eigenvalue weighted by Crippen LogP contribution is -2.27. The zero-order chi connectivity index (χ0) is 11.9. The summed E-state index contributed by atoms with van der Waals surface area (Å²) in [6.07, 6.45) is 1.98. The maximum absolute atomic E-state index is 10.1. The van der Waals surface area contributed by atoms with Gasteiger partial charge in [0, 0.05) is 19.6 Å². The number of hydrogen-bond acceptors (Lipinski definition) is 2. The first kappa shape index (κ1) is 11.2. The minimum Gasteiger partial charge on any atom is -0.390 e. The highest BCUT2D eigenvalue weighted by atomic mass is 16.3. The van der Waals surface area contributed by atoms with E-state index in [1.807, 2.05) is 6.92 Å². The smallest absolute Gasteiger partial charge is 0.0626 e. The van der Waals surface area contributed by atoms with Crippen molar-refractivity contribution in [3.05, 3.63) is 35.9 Å². The second kappa shape index (κ2) is 4.11. The van der Waals surface area contributed by atoms with E-state index >= 15 is 0 Å². The number of rotatable bonds is 2. The molecular weight excluding hydrogens is 210 g/mol. The molecule has 1 aromatic rings. The van der Waals surface area contributed by atoms with Crippen LogP contribution in [0.4, 0.5) is 0 Å². The lowest BCUT2D eigenvalue weighted by Gasteiger charge is -2.21. The van der Waals surface area contributed by atoms with Crippen LogP contribution in [0, 0.1) is 11.8 Å². The SMILES string of the molecule is CC1(O)CC2CN(Cc3ccccc3)CC2C1. The van der Waals surface area contributed by atoms with E-state index in [0.717, 1.165) is 32.5 Å². The molecule has 0 amide bonds. The zero-order valence-electron chi connectivity index (χ0n) is 10.5. The largest absolute Gasteiger partial charge is 0.390 e. The predicted octanol–water partition coefficient (Wildman–Crippen LogP) is 2.28. The number of benzene rings is 1. The number of fused-ring (bicyclic) bond motifs is 1. The Kier molecular flexibility index (Phi) is 2.72. The van der Waals surface area contributed by atoms with Crippen LogP contribution < -0.4 is 0 Å². The van der Waals surface area contributed by atoms with Gasteiger partial charge in [0.05, 0.1) is 5.60 Å². The van der Waals surface area contributed by atoms with Gasteiger partial charge in [-0.2, -0.15) is 0 Å². The molecule has 1 aliphatic heterocycles. The summed E-state index contributed by atoms with van der Waals surface area (Å²) in [5.74, 6) is 1.43. The Morgan fingerprint density at radius 2 is 1.76 bits per heavy atom. The number of hydrogen-bond donors (Lipinski definition) is 1. The van der Waals surface area contributed by atoms with Crippen molar-refractivity contribution in [2.24, 2.45) is 11.8 Å². The molecule has 2 unspecified atom stereocenters. The molecule has 1 aromatic carbocycles. The molecule has 1 heterocycles. The lowest BCUT2D eigenvalue weighted by molar-refractivity contribution is 0.0540. The topological polar surface area (TPSA) is 23.5 Å². The summed E-state index contributed by atoms with van der Waals surface area (Å²) in [6, 6.07) is 10.7. The van der Waals surface area contributed by atoms with Crippen LogP contribution in [-0.4, -0.2) is 28.7 Å². The summed E-state index contributed by atoms with van der Waals surface area (Å²) >= 11 is 0. The van der Waals surface area contributed by atoms with Gasteiger partial charge in [0.2, 0.25) is 0 Å². The number of aliphatic hydroxyl groups is 1. The molecule has 92 valence electrons. The molecule has 17 heavy (non-hydrogen) atoms. The van der Waals surface area contributed by atoms with E-state index in [0.29, 0.717) is 11.8 Å². The van der Waals surface area contributed by atoms with Crippen molar-refractivity contribution in [3.8, 4) is 0 Å². The first-order valence-corrected chi connectivity index (χ1v) is 6.61. The summed E-state index contributed by atoms with van der Waals surface area (Å²) in [6.45, 7) is 5.38. The fourth-order valence-electron chi connectivity index (χ4n) is 3.68. The second-order valence-corrected chi connectivity index (χ2v) is 6.11. The zero-order valence-corrected chi connectivity index (χ0v) is 10.5. The van der Waals surface area contributed by atoms with E-state index in [-0.39, 0.29) is 0 Å². The minimum atomic E-state index is -0.395. The van der Waals surface area contributed by atoms with Crippen LogP contribution in [0.3, 0.4) is 0 Å². The second-order valence-electron chi connectivity index (χ2n) is 6.11. The van der Waals surface area contributed by atoms with Gasteiger partial charge in [-0.15, -0.1) is 0 Å². The first-order valence-electron chi connectivity index (χ1n) is 6.61. The van der Waals surface area contributed by atoms with E-state index in [1.165, 1.54) is 5.56 Å². The number of nitrogens with zero attached hydrogens (tertiary/aromatic N) is 1. The van der Waals surface area contributed by atoms with E-state index in [4.69, 9.17) is 0 Å². The molecule has 2 nitrogen and oxygen atoms in total. The van der Waals surface area contributed by atoms with Crippen LogP contribution in [0.1, 0.15) is 25.3 Å². The van der Waals surface area contributed by atoms with Crippen molar-refractivity contribution in [1.29, 1.82) is 0 Å². The van der Waals surface area contributed by atoms with Gasteiger partial charge in [0.25, 0.3) is 0 Å². The van der Waals surface area contributed by atoms with Crippen molar-refractivity contribution in [3.63, 3.8) is 0 Å². The standard InChI is InChI=1S/C15H21NO/c1-15(17)7-13-10-16(11-14(13)8-15)9-12-5-3-2-4-6-12/h2-6,13-14,17H,7-11H2,1H3. The van der Waals surface area contributed by atoms with Gasteiger partial charge in [-0.05, 0) is 37.2 Å². The Bertz CT molecular complexity index is 371. The molecule has 2 atom stereocenters. The number of likely N-dealkylation sites (tertiary alicyclic amines) is 1. The van der Waals surface area contributed by atoms with E-state index in [9.17, 15) is 5.11 Å². The Hall–Kier alpha value is -0.860. The normalized spacial score (nSPS) is 37.3. The van der Waals surface area contributed by atoms with Crippen LogP contribution in [0.25, 0.3) is 0 Å². The summed E-state index contributed by atoms with van der Waals surface area (Å²) in [5.41, 5.74) is 1.01. The molecule has 1 saturated heterocycles. The summed E-state index contributed by atoms with van der Waals surface area (Å²) in [4.78, 5) is 2.54. The van der Waals surface area contributed by atoms with Crippen molar-refractivity contribution >= 4 is 0 Å². The lowest BCUT2D eigenvalue weighted by atomic mass is 10.0. The molecule has 2 heteroatoms. The van der Waals surface area contributed by atoms with Gasteiger partial charge in [-0.3, -0.25) is 4.90 Å². The molecular formula is C15H21NO. The van der Waals surface area contributed by atoms with E-state index in [2.05, 4.69) is 35.2 Å². The quantitative estimate of drug-likeness (QED) is 0.844. The molecule has 0 aromatic heterocycles. The third-order valence-corrected chi connectivity index (χ3v) is 4.30. The van der Waals surface area contributed by atoms with Crippen LogP contribution >= 0.6 is 0 Å². The van der Waals surface area contributed by atoms with Crippen LogP contribution in [0.2, 0.25) is 0 Å². The van der Waals surface area contributed by atoms with Gasteiger partial charge >= 0.3 is 0 Å². The average Bonchev–Trinajstić information content (AvgIpc) is 2.72. The van der Waals surface area contributed by atoms with E-state index in [1.54, 1.807) is 0 Å². The molecule has 1 saturated carbocycles. The van der Waals surface area contributed by atoms with Crippen molar-refractivity contribution in [2.45, 2.75) is 31.9 Å². The fraction of sp³-hybridized carbons (Fsp3) is 0.600. The van der Waals surface area contributed by atoms with Gasteiger partial charge in [0.1, 0.15) is 0 Å². The molecule has 0 bridgehead atoms. The maximum atomic E-state index is 10.1. The maximum Gasteiger partial charge on any atom is 0.0626 e. The minimum absolute atomic E-state index is 0.395. The van der Waals surface area contributed by atoms with Crippen LogP contribution in [0.5, 0.6) is 0 Å². The molecule has 0 radical (unpaired) electrons. The summed E-state index contributed by atoms with van der Waals surface area (Å²) < 4.78 is 0. The van der Waals surface area contributed by atoms with Gasteiger partial charge in [0.15, 0.2) is 0 Å². The highest BCUT2D eigenvalue weighted by Gasteiger charge is 2.45. The first-order chi connectivity index (χ1) is 8.12. The Morgan fingerprint density at radius 1 is 1.18 bits per heavy atom. The predicted molar refractivity (Wildman–Crippen MR) is 68.6 cm³/mol. The van der Waals surface area contributed by atoms with Crippen molar-refractivity contribution in [2.75, 3.05) is 13.1 Å². The fourth-order valence-corrected chi connectivity index (χ4v) is 3.68. The molecule has 3 rings (SSSR count). The molecule has 0 spiro atoms. The van der Waals surface area contributed by atoms with Gasteiger partial charge in [-0.1, -0.05) is 30.3 Å². The summed E-state index contributed by atoms with van der Waals surface area (Å²) in [7, 11) is 0. The van der Waals surface area contributed by atoms with E-state index < -0.39 is 5.60 Å². The monoisotopic (exact) mass is 231 g/mol. The Balaban J connectivity index is 1.60. The molecule has 2 aliphatic rings. The Morgan fingerprint density at radius 3 is 2.35 bits per heavy atom. The van der Waals surface area contributed by atoms with Gasteiger partial charge in [-0.25, -0.2) is 0 Å². The highest BCUT2D eigenvalue weighted by molar-refractivity contribution is 5.15. The molecule has 1 N–H and O–H groups in total. The highest BCUT2D eigenvalue weighted by Crippen LogP contribution is 2.43. The van der Waals surface area contributed by atoms with Crippen molar-refractivity contribution in [1.82, 2.24) is 4.90 Å². The van der Waals surface area contributed by atoms with Gasteiger partial charge < -0.3 is 5.11 Å². The average molecular weight is 231 g/mol.